The van der Waals surface area contributed by atoms with E-state index in [9.17, 15) is 0 Å². The second-order valence-electron chi connectivity index (χ2n) is 7.31. The fourth-order valence-corrected chi connectivity index (χ4v) is 3.37. The summed E-state index contributed by atoms with van der Waals surface area (Å²) >= 11 is 0. The molecule has 4 rings (SSSR count). The molecule has 28 heavy (non-hydrogen) atoms. The van der Waals surface area contributed by atoms with E-state index in [-0.39, 0.29) is 0 Å². The summed E-state index contributed by atoms with van der Waals surface area (Å²) in [5, 5.41) is 4.52. The van der Waals surface area contributed by atoms with Crippen LogP contribution in [-0.2, 0) is 6.54 Å². The minimum Gasteiger partial charge on any atom is -0.346 e. The fraction of sp³-hybridized carbons (Fsp3) is 0.217. The van der Waals surface area contributed by atoms with Crippen LogP contribution in [0.3, 0.4) is 0 Å². The van der Waals surface area contributed by atoms with Gasteiger partial charge in [0.1, 0.15) is 0 Å². The van der Waals surface area contributed by atoms with Crippen molar-refractivity contribution in [1.29, 1.82) is 0 Å². The largest absolute Gasteiger partial charge is 0.346 e. The van der Waals surface area contributed by atoms with Crippen molar-refractivity contribution in [1.82, 2.24) is 19.4 Å². The Morgan fingerprint density at radius 3 is 2.71 bits per heavy atom. The van der Waals surface area contributed by atoms with Crippen molar-refractivity contribution in [3.05, 3.63) is 72.6 Å². The van der Waals surface area contributed by atoms with Gasteiger partial charge in [-0.3, -0.25) is 0 Å². The number of benzene rings is 2. The van der Waals surface area contributed by atoms with E-state index in [1.54, 1.807) is 0 Å². The molecule has 0 aliphatic rings. The Labute approximate surface area is 165 Å². The molecule has 0 atom stereocenters. The van der Waals surface area contributed by atoms with E-state index in [0.29, 0.717) is 5.95 Å². The van der Waals surface area contributed by atoms with E-state index in [1.807, 2.05) is 24.4 Å². The van der Waals surface area contributed by atoms with Crippen molar-refractivity contribution in [2.24, 2.45) is 0 Å². The summed E-state index contributed by atoms with van der Waals surface area (Å²) in [6.07, 6.45) is 3.97. The van der Waals surface area contributed by atoms with Crippen molar-refractivity contribution in [3.8, 4) is 11.3 Å². The number of anilines is 2. The Balaban J connectivity index is 1.66. The van der Waals surface area contributed by atoms with Gasteiger partial charge in [-0.1, -0.05) is 24.3 Å². The zero-order valence-corrected chi connectivity index (χ0v) is 16.6. The summed E-state index contributed by atoms with van der Waals surface area (Å²) in [7, 11) is 4.20. The van der Waals surface area contributed by atoms with Crippen molar-refractivity contribution >= 4 is 22.5 Å². The van der Waals surface area contributed by atoms with E-state index < -0.39 is 0 Å². The lowest BCUT2D eigenvalue weighted by molar-refractivity contribution is 0.387. The molecule has 0 fully saturated rings. The lowest BCUT2D eigenvalue weighted by atomic mass is 10.1. The van der Waals surface area contributed by atoms with E-state index in [0.717, 1.165) is 30.0 Å². The molecule has 0 aliphatic heterocycles. The molecule has 1 N–H and O–H groups in total. The highest BCUT2D eigenvalue weighted by Gasteiger charge is 2.10. The summed E-state index contributed by atoms with van der Waals surface area (Å²) in [4.78, 5) is 11.4. The van der Waals surface area contributed by atoms with Crippen molar-refractivity contribution in [2.75, 3.05) is 26.0 Å². The van der Waals surface area contributed by atoms with Gasteiger partial charge in [0.25, 0.3) is 0 Å². The van der Waals surface area contributed by atoms with Crippen LogP contribution in [0, 0.1) is 6.92 Å². The zero-order chi connectivity index (χ0) is 19.5. The van der Waals surface area contributed by atoms with E-state index in [4.69, 9.17) is 4.98 Å². The van der Waals surface area contributed by atoms with Gasteiger partial charge in [-0.05, 0) is 56.9 Å². The third-order valence-electron chi connectivity index (χ3n) is 4.81. The molecule has 0 amide bonds. The summed E-state index contributed by atoms with van der Waals surface area (Å²) in [6.45, 7) is 4.04. The number of aromatic nitrogens is 3. The lowest BCUT2D eigenvalue weighted by Crippen LogP contribution is -2.17. The van der Waals surface area contributed by atoms with Crippen LogP contribution >= 0.6 is 0 Å². The molecule has 2 aromatic heterocycles. The van der Waals surface area contributed by atoms with Crippen LogP contribution in [0.25, 0.3) is 22.2 Å². The van der Waals surface area contributed by atoms with Crippen LogP contribution in [0.4, 0.5) is 11.6 Å². The predicted octanol–water partition coefficient (Wildman–Crippen LogP) is 4.71. The summed E-state index contributed by atoms with van der Waals surface area (Å²) < 4.78 is 2.30. The van der Waals surface area contributed by atoms with Crippen LogP contribution in [0.2, 0.25) is 0 Å². The Morgan fingerprint density at radius 2 is 1.89 bits per heavy atom. The van der Waals surface area contributed by atoms with Crippen molar-refractivity contribution in [2.45, 2.75) is 13.5 Å². The smallest absolute Gasteiger partial charge is 0.227 e. The summed E-state index contributed by atoms with van der Waals surface area (Å²) in [6, 6.07) is 18.7. The highest BCUT2D eigenvalue weighted by molar-refractivity contribution is 5.94. The molecule has 0 saturated carbocycles. The molecule has 0 aliphatic carbocycles. The Morgan fingerprint density at radius 1 is 1.04 bits per heavy atom. The van der Waals surface area contributed by atoms with Crippen molar-refractivity contribution in [3.63, 3.8) is 0 Å². The molecule has 2 aromatic carbocycles. The number of hydrogen-bond acceptors (Lipinski definition) is 4. The standard InChI is InChI=1S/C23H25N5/c1-17-6-4-7-18(16-17)25-23-24-12-10-21(26-23)19-8-5-9-22-20(19)11-13-28(22)15-14-27(2)3/h4-13,16H,14-15H2,1-3H3,(H,24,25,26). The number of fused-ring (bicyclic) bond motifs is 1. The molecule has 0 bridgehead atoms. The molecule has 0 spiro atoms. The highest BCUT2D eigenvalue weighted by Crippen LogP contribution is 2.29. The van der Waals surface area contributed by atoms with Crippen molar-refractivity contribution < 1.29 is 0 Å². The van der Waals surface area contributed by atoms with Gasteiger partial charge in [0.2, 0.25) is 5.95 Å². The monoisotopic (exact) mass is 371 g/mol. The van der Waals surface area contributed by atoms with Crippen LogP contribution in [0.1, 0.15) is 5.56 Å². The van der Waals surface area contributed by atoms with E-state index in [2.05, 4.69) is 83.4 Å². The first-order valence-electron chi connectivity index (χ1n) is 9.50. The van der Waals surface area contributed by atoms with Gasteiger partial charge in [0.05, 0.1) is 5.69 Å². The first kappa shape index (κ1) is 18.2. The summed E-state index contributed by atoms with van der Waals surface area (Å²) in [5.41, 5.74) is 5.46. The second kappa shape index (κ2) is 7.82. The lowest BCUT2D eigenvalue weighted by Gasteiger charge is -2.12. The van der Waals surface area contributed by atoms with Gasteiger partial charge in [-0.2, -0.15) is 0 Å². The quantitative estimate of drug-likeness (QED) is 0.533. The van der Waals surface area contributed by atoms with Gasteiger partial charge < -0.3 is 14.8 Å². The number of rotatable bonds is 6. The average molecular weight is 371 g/mol. The first-order chi connectivity index (χ1) is 13.6. The second-order valence-corrected chi connectivity index (χ2v) is 7.31. The molecule has 0 radical (unpaired) electrons. The SMILES string of the molecule is Cc1cccc(Nc2nccc(-c3cccc4c3ccn4CCN(C)C)n2)c1. The normalized spacial score (nSPS) is 11.3. The molecular formula is C23H25N5. The Hall–Kier alpha value is -3.18. The third-order valence-corrected chi connectivity index (χ3v) is 4.81. The number of aryl methyl sites for hydroxylation is 1. The third kappa shape index (κ3) is 3.89. The number of hydrogen-bond donors (Lipinski definition) is 1. The minimum absolute atomic E-state index is 0.604. The molecule has 0 unspecified atom stereocenters. The fourth-order valence-electron chi connectivity index (χ4n) is 3.37. The van der Waals surface area contributed by atoms with E-state index >= 15 is 0 Å². The maximum absolute atomic E-state index is 4.76. The van der Waals surface area contributed by atoms with Gasteiger partial charge >= 0.3 is 0 Å². The van der Waals surface area contributed by atoms with Crippen LogP contribution in [-0.4, -0.2) is 40.1 Å². The van der Waals surface area contributed by atoms with Crippen LogP contribution in [0.15, 0.2) is 67.0 Å². The molecular weight excluding hydrogens is 346 g/mol. The minimum atomic E-state index is 0.604. The average Bonchev–Trinajstić information content (AvgIpc) is 3.10. The maximum Gasteiger partial charge on any atom is 0.227 e. The Kier molecular flexibility index (Phi) is 5.08. The molecule has 2 heterocycles. The Bertz CT molecular complexity index is 1100. The van der Waals surface area contributed by atoms with Crippen LogP contribution < -0.4 is 5.32 Å². The molecule has 5 nitrogen and oxygen atoms in total. The highest BCUT2D eigenvalue weighted by atomic mass is 15.1. The molecule has 142 valence electrons. The van der Waals surface area contributed by atoms with Gasteiger partial charge in [-0.25, -0.2) is 9.97 Å². The van der Waals surface area contributed by atoms with Gasteiger partial charge in [-0.15, -0.1) is 0 Å². The van der Waals surface area contributed by atoms with Crippen LogP contribution in [0.5, 0.6) is 0 Å². The van der Waals surface area contributed by atoms with Gasteiger partial charge in [0.15, 0.2) is 0 Å². The number of likely N-dealkylation sites (N-methyl/N-ethyl adjacent to an activating group) is 1. The zero-order valence-electron chi connectivity index (χ0n) is 16.6. The van der Waals surface area contributed by atoms with E-state index in [1.165, 1.54) is 16.5 Å². The number of nitrogens with zero attached hydrogens (tertiary/aromatic N) is 4. The predicted molar refractivity (Wildman–Crippen MR) is 116 cm³/mol. The maximum atomic E-state index is 4.76. The molecule has 0 saturated heterocycles. The molecule has 5 heteroatoms. The summed E-state index contributed by atoms with van der Waals surface area (Å²) in [5.74, 6) is 0.604. The topological polar surface area (TPSA) is 46.0 Å². The number of nitrogens with one attached hydrogen (secondary N) is 1. The first-order valence-corrected chi connectivity index (χ1v) is 9.50. The van der Waals surface area contributed by atoms with Gasteiger partial charge in [0, 0.05) is 47.6 Å². The molecule has 4 aromatic rings.